The highest BCUT2D eigenvalue weighted by Gasteiger charge is 2.23. The van der Waals surface area contributed by atoms with Crippen LogP contribution in [-0.2, 0) is 14.8 Å². The van der Waals surface area contributed by atoms with E-state index in [9.17, 15) is 13.2 Å². The van der Waals surface area contributed by atoms with Gasteiger partial charge in [-0.15, -0.1) is 11.3 Å². The summed E-state index contributed by atoms with van der Waals surface area (Å²) in [6.45, 7) is 3.45. The summed E-state index contributed by atoms with van der Waals surface area (Å²) in [6.07, 6.45) is 0.204. The Balaban J connectivity index is 2.94. The lowest BCUT2D eigenvalue weighted by Gasteiger charge is -2.14. The Hall–Kier alpha value is -0.440. The minimum absolute atomic E-state index is 0.197. The third-order valence-electron chi connectivity index (χ3n) is 2.37. The summed E-state index contributed by atoms with van der Waals surface area (Å²) < 4.78 is 27.3. The fourth-order valence-corrected chi connectivity index (χ4v) is 5.19. The first-order valence-electron chi connectivity index (χ1n) is 5.26. The van der Waals surface area contributed by atoms with Crippen molar-refractivity contribution < 1.29 is 18.3 Å². The molecule has 1 heterocycles. The number of carboxylic acid groups (broad SMARTS) is 1. The third-order valence-corrected chi connectivity index (χ3v) is 5.70. The molecule has 0 aliphatic rings. The molecule has 1 aromatic rings. The van der Waals surface area contributed by atoms with E-state index < -0.39 is 22.0 Å². The minimum atomic E-state index is -3.66. The minimum Gasteiger partial charge on any atom is -0.481 e. The van der Waals surface area contributed by atoms with Crippen molar-refractivity contribution >= 4 is 43.3 Å². The van der Waals surface area contributed by atoms with Gasteiger partial charge in [0.25, 0.3) is 0 Å². The van der Waals surface area contributed by atoms with E-state index in [0.717, 1.165) is 3.79 Å². The standard InChI is InChI=1S/C10H14BrNO4S2/c1-3-7(4-10(13)14)12-18(15,16)8-5-9(11)17-6(8)2/h5,7,12H,3-4H2,1-2H3,(H,13,14). The van der Waals surface area contributed by atoms with Crippen LogP contribution in [0.2, 0.25) is 0 Å². The summed E-state index contributed by atoms with van der Waals surface area (Å²) in [4.78, 5) is 11.5. The molecule has 18 heavy (non-hydrogen) atoms. The highest BCUT2D eigenvalue weighted by atomic mass is 79.9. The van der Waals surface area contributed by atoms with Gasteiger partial charge >= 0.3 is 5.97 Å². The van der Waals surface area contributed by atoms with Gasteiger partial charge in [0.05, 0.1) is 15.1 Å². The van der Waals surface area contributed by atoms with Crippen LogP contribution in [-0.4, -0.2) is 25.5 Å². The zero-order valence-electron chi connectivity index (χ0n) is 9.94. The molecule has 0 radical (unpaired) electrons. The molecule has 0 saturated carbocycles. The summed E-state index contributed by atoms with van der Waals surface area (Å²) in [6, 6.07) is 0.932. The monoisotopic (exact) mass is 355 g/mol. The second-order valence-corrected chi connectivity index (χ2v) is 8.11. The molecule has 0 fully saturated rings. The molecule has 1 aromatic heterocycles. The summed E-state index contributed by atoms with van der Waals surface area (Å²) in [5.41, 5.74) is 0. The smallest absolute Gasteiger partial charge is 0.304 e. The van der Waals surface area contributed by atoms with Gasteiger partial charge in [-0.05, 0) is 35.3 Å². The number of halogens is 1. The van der Waals surface area contributed by atoms with Crippen molar-refractivity contribution in [2.24, 2.45) is 0 Å². The van der Waals surface area contributed by atoms with Crippen molar-refractivity contribution in [3.63, 3.8) is 0 Å². The molecule has 0 bridgehead atoms. The lowest BCUT2D eigenvalue weighted by atomic mass is 10.2. The second kappa shape index (κ2) is 6.14. The molecule has 1 atom stereocenters. The Labute approximate surface area is 118 Å². The summed E-state index contributed by atoms with van der Waals surface area (Å²) >= 11 is 4.56. The number of carbonyl (C=O) groups is 1. The summed E-state index contributed by atoms with van der Waals surface area (Å²) in [5, 5.41) is 8.70. The number of nitrogens with one attached hydrogen (secondary N) is 1. The molecule has 1 rings (SSSR count). The first-order valence-corrected chi connectivity index (χ1v) is 8.35. The summed E-state index contributed by atoms with van der Waals surface area (Å²) in [7, 11) is -3.66. The first-order chi connectivity index (χ1) is 8.26. The van der Waals surface area contributed by atoms with E-state index in [1.807, 2.05) is 0 Å². The lowest BCUT2D eigenvalue weighted by molar-refractivity contribution is -0.137. The molecule has 0 aromatic carbocycles. The van der Waals surface area contributed by atoms with E-state index in [1.54, 1.807) is 13.8 Å². The molecule has 2 N–H and O–H groups in total. The van der Waals surface area contributed by atoms with E-state index in [0.29, 0.717) is 11.3 Å². The quantitative estimate of drug-likeness (QED) is 0.820. The van der Waals surface area contributed by atoms with Gasteiger partial charge in [0.2, 0.25) is 10.0 Å². The fraction of sp³-hybridized carbons (Fsp3) is 0.500. The third kappa shape index (κ3) is 4.04. The highest BCUT2D eigenvalue weighted by Crippen LogP contribution is 2.29. The second-order valence-electron chi connectivity index (χ2n) is 3.80. The van der Waals surface area contributed by atoms with E-state index in [4.69, 9.17) is 5.11 Å². The Kier molecular flexibility index (Phi) is 5.32. The Morgan fingerprint density at radius 2 is 2.22 bits per heavy atom. The molecule has 0 saturated heterocycles. The Morgan fingerprint density at radius 3 is 2.61 bits per heavy atom. The molecule has 0 aliphatic heterocycles. The number of sulfonamides is 1. The van der Waals surface area contributed by atoms with Crippen molar-refractivity contribution in [3.8, 4) is 0 Å². The van der Waals surface area contributed by atoms with Gasteiger partial charge < -0.3 is 5.11 Å². The number of thiophene rings is 1. The molecular weight excluding hydrogens is 342 g/mol. The number of hydrogen-bond acceptors (Lipinski definition) is 4. The lowest BCUT2D eigenvalue weighted by Crippen LogP contribution is -2.36. The molecule has 1 unspecified atom stereocenters. The summed E-state index contributed by atoms with van der Waals surface area (Å²) in [5.74, 6) is -1.02. The van der Waals surface area contributed by atoms with Crippen LogP contribution in [0, 0.1) is 6.92 Å². The van der Waals surface area contributed by atoms with Crippen LogP contribution in [0.25, 0.3) is 0 Å². The number of carboxylic acids is 1. The molecule has 0 aliphatic carbocycles. The predicted molar refractivity (Wildman–Crippen MR) is 73.4 cm³/mol. The van der Waals surface area contributed by atoms with E-state index in [-0.39, 0.29) is 11.3 Å². The van der Waals surface area contributed by atoms with Crippen LogP contribution in [0.15, 0.2) is 14.7 Å². The maximum Gasteiger partial charge on any atom is 0.304 e. The van der Waals surface area contributed by atoms with Crippen LogP contribution < -0.4 is 4.72 Å². The zero-order valence-corrected chi connectivity index (χ0v) is 13.2. The SMILES string of the molecule is CCC(CC(=O)O)NS(=O)(=O)c1cc(Br)sc1C. The number of rotatable bonds is 6. The normalized spacial score (nSPS) is 13.5. The zero-order chi connectivity index (χ0) is 13.9. The van der Waals surface area contributed by atoms with Crippen molar-refractivity contribution in [1.82, 2.24) is 4.72 Å². The molecule has 8 heteroatoms. The Morgan fingerprint density at radius 1 is 1.61 bits per heavy atom. The average Bonchev–Trinajstić information content (AvgIpc) is 2.56. The van der Waals surface area contributed by atoms with Crippen molar-refractivity contribution in [1.29, 1.82) is 0 Å². The molecule has 0 spiro atoms. The number of aliphatic carboxylic acids is 1. The van der Waals surface area contributed by atoms with Gasteiger partial charge in [-0.25, -0.2) is 13.1 Å². The van der Waals surface area contributed by atoms with Crippen LogP contribution in [0.4, 0.5) is 0 Å². The van der Waals surface area contributed by atoms with Gasteiger partial charge in [-0.2, -0.15) is 0 Å². The van der Waals surface area contributed by atoms with Crippen LogP contribution in [0.5, 0.6) is 0 Å². The van der Waals surface area contributed by atoms with Crippen LogP contribution in [0.1, 0.15) is 24.6 Å². The van der Waals surface area contributed by atoms with E-state index >= 15 is 0 Å². The highest BCUT2D eigenvalue weighted by molar-refractivity contribution is 9.11. The van der Waals surface area contributed by atoms with Gasteiger partial charge in [-0.3, -0.25) is 4.79 Å². The van der Waals surface area contributed by atoms with Gasteiger partial charge in [0, 0.05) is 10.9 Å². The van der Waals surface area contributed by atoms with Crippen molar-refractivity contribution in [3.05, 3.63) is 14.7 Å². The molecule has 0 amide bonds. The Bertz CT molecular complexity index is 538. The van der Waals surface area contributed by atoms with Crippen LogP contribution >= 0.6 is 27.3 Å². The largest absolute Gasteiger partial charge is 0.481 e. The fourth-order valence-electron chi connectivity index (χ4n) is 1.46. The number of hydrogen-bond donors (Lipinski definition) is 2. The molecule has 5 nitrogen and oxygen atoms in total. The predicted octanol–water partition coefficient (Wildman–Crippen LogP) is 2.35. The maximum absolute atomic E-state index is 12.1. The van der Waals surface area contributed by atoms with Crippen LogP contribution in [0.3, 0.4) is 0 Å². The van der Waals surface area contributed by atoms with E-state index in [2.05, 4.69) is 20.7 Å². The first kappa shape index (κ1) is 15.6. The topological polar surface area (TPSA) is 83.5 Å². The van der Waals surface area contributed by atoms with Gasteiger partial charge in [-0.1, -0.05) is 6.92 Å². The van der Waals surface area contributed by atoms with E-state index in [1.165, 1.54) is 17.4 Å². The van der Waals surface area contributed by atoms with Crippen molar-refractivity contribution in [2.75, 3.05) is 0 Å². The van der Waals surface area contributed by atoms with Gasteiger partial charge in [0.15, 0.2) is 0 Å². The average molecular weight is 356 g/mol. The molecule has 102 valence electrons. The number of aryl methyl sites for hydroxylation is 1. The molecular formula is C10H14BrNO4S2. The van der Waals surface area contributed by atoms with Crippen molar-refractivity contribution in [2.45, 2.75) is 37.6 Å². The maximum atomic E-state index is 12.1. The van der Waals surface area contributed by atoms with Gasteiger partial charge in [0.1, 0.15) is 0 Å².